The molecule has 0 bridgehead atoms. The number of hydrogen-bond donors (Lipinski definition) is 0. The summed E-state index contributed by atoms with van der Waals surface area (Å²) in [4.78, 5) is 0. The Morgan fingerprint density at radius 2 is 2.00 bits per heavy atom. The standard InChI is InChI=1S/C11H18O/c1-6-11(9(2)3)7-10(4)8-12-5/h6-9H,1H2,2-5H3/b10-8-,11-7+. The summed E-state index contributed by atoms with van der Waals surface area (Å²) < 4.78 is 4.89. The Bertz CT molecular complexity index is 197. The van der Waals surface area contributed by atoms with Crippen molar-refractivity contribution in [3.05, 3.63) is 36.1 Å². The highest BCUT2D eigenvalue weighted by Gasteiger charge is 1.97. The lowest BCUT2D eigenvalue weighted by Crippen LogP contribution is -1.90. The van der Waals surface area contributed by atoms with Gasteiger partial charge in [-0.05, 0) is 24.0 Å². The second kappa shape index (κ2) is 5.64. The Balaban J connectivity index is 4.48. The monoisotopic (exact) mass is 166 g/mol. The van der Waals surface area contributed by atoms with Crippen molar-refractivity contribution in [3.8, 4) is 0 Å². The van der Waals surface area contributed by atoms with Crippen LogP contribution >= 0.6 is 0 Å². The van der Waals surface area contributed by atoms with Crippen LogP contribution < -0.4 is 0 Å². The zero-order valence-corrected chi connectivity index (χ0v) is 8.42. The van der Waals surface area contributed by atoms with Crippen LogP contribution in [0.1, 0.15) is 20.8 Å². The normalized spacial score (nSPS) is 13.4. The molecule has 0 aliphatic rings. The summed E-state index contributed by atoms with van der Waals surface area (Å²) in [5.41, 5.74) is 2.35. The van der Waals surface area contributed by atoms with Crippen LogP contribution in [0.4, 0.5) is 0 Å². The quantitative estimate of drug-likeness (QED) is 0.460. The molecule has 1 heteroatoms. The first kappa shape index (κ1) is 11.0. The maximum absolute atomic E-state index is 4.89. The predicted molar refractivity (Wildman–Crippen MR) is 53.9 cm³/mol. The average molecular weight is 166 g/mol. The molecular formula is C11H18O. The fourth-order valence-electron chi connectivity index (χ4n) is 0.944. The molecule has 0 aromatic carbocycles. The Kier molecular flexibility index (Phi) is 5.18. The highest BCUT2D eigenvalue weighted by Crippen LogP contribution is 2.12. The van der Waals surface area contributed by atoms with E-state index in [4.69, 9.17) is 4.74 Å². The molecule has 0 amide bonds. The molecule has 0 aliphatic heterocycles. The van der Waals surface area contributed by atoms with Gasteiger partial charge in [-0.1, -0.05) is 32.6 Å². The van der Waals surface area contributed by atoms with Gasteiger partial charge in [0.25, 0.3) is 0 Å². The van der Waals surface area contributed by atoms with Gasteiger partial charge in [0.15, 0.2) is 0 Å². The lowest BCUT2D eigenvalue weighted by Gasteiger charge is -2.05. The largest absolute Gasteiger partial charge is 0.504 e. The molecule has 68 valence electrons. The molecule has 0 saturated carbocycles. The van der Waals surface area contributed by atoms with Gasteiger partial charge in [0.05, 0.1) is 13.4 Å². The zero-order valence-electron chi connectivity index (χ0n) is 8.42. The minimum atomic E-state index is 0.516. The number of methoxy groups -OCH3 is 1. The summed E-state index contributed by atoms with van der Waals surface area (Å²) in [5, 5.41) is 0. The van der Waals surface area contributed by atoms with E-state index in [1.165, 1.54) is 5.57 Å². The first-order chi connectivity index (χ1) is 5.61. The minimum Gasteiger partial charge on any atom is -0.504 e. The lowest BCUT2D eigenvalue weighted by atomic mass is 10.0. The van der Waals surface area contributed by atoms with Gasteiger partial charge in [-0.3, -0.25) is 0 Å². The van der Waals surface area contributed by atoms with Crippen molar-refractivity contribution in [2.75, 3.05) is 7.11 Å². The third-order valence-electron chi connectivity index (χ3n) is 1.60. The average Bonchev–Trinajstić information content (AvgIpc) is 2.00. The molecule has 0 saturated heterocycles. The predicted octanol–water partition coefficient (Wildman–Crippen LogP) is 3.31. The maximum Gasteiger partial charge on any atom is 0.0853 e. The summed E-state index contributed by atoms with van der Waals surface area (Å²) in [6.45, 7) is 10.1. The van der Waals surface area contributed by atoms with E-state index in [0.717, 1.165) is 5.57 Å². The highest BCUT2D eigenvalue weighted by molar-refractivity contribution is 5.28. The first-order valence-electron chi connectivity index (χ1n) is 4.15. The molecule has 0 aromatic heterocycles. The van der Waals surface area contributed by atoms with Gasteiger partial charge in [0.1, 0.15) is 0 Å². The fourth-order valence-corrected chi connectivity index (χ4v) is 0.944. The molecule has 0 radical (unpaired) electrons. The SMILES string of the molecule is C=C/C(=C\C(C)=C/OC)C(C)C. The van der Waals surface area contributed by atoms with Crippen molar-refractivity contribution < 1.29 is 4.74 Å². The second-order valence-electron chi connectivity index (χ2n) is 3.10. The van der Waals surface area contributed by atoms with Gasteiger partial charge in [-0.25, -0.2) is 0 Å². The van der Waals surface area contributed by atoms with Crippen molar-refractivity contribution in [3.63, 3.8) is 0 Å². The van der Waals surface area contributed by atoms with E-state index in [2.05, 4.69) is 26.5 Å². The molecule has 0 spiro atoms. The molecule has 0 aliphatic carbocycles. The number of rotatable bonds is 4. The van der Waals surface area contributed by atoms with Crippen LogP contribution in [-0.4, -0.2) is 7.11 Å². The molecule has 0 N–H and O–H groups in total. The zero-order chi connectivity index (χ0) is 9.56. The molecule has 0 unspecified atom stereocenters. The van der Waals surface area contributed by atoms with Crippen molar-refractivity contribution in [2.24, 2.45) is 5.92 Å². The molecule has 1 nitrogen and oxygen atoms in total. The van der Waals surface area contributed by atoms with Crippen LogP contribution in [0.5, 0.6) is 0 Å². The molecule has 12 heavy (non-hydrogen) atoms. The Morgan fingerprint density at radius 1 is 1.42 bits per heavy atom. The van der Waals surface area contributed by atoms with Gasteiger partial charge in [0, 0.05) is 0 Å². The van der Waals surface area contributed by atoms with E-state index in [1.807, 2.05) is 13.0 Å². The van der Waals surface area contributed by atoms with Crippen molar-refractivity contribution >= 4 is 0 Å². The van der Waals surface area contributed by atoms with Gasteiger partial charge < -0.3 is 4.74 Å². The smallest absolute Gasteiger partial charge is 0.0853 e. The Hall–Kier alpha value is -0.980. The molecule has 0 aromatic rings. The van der Waals surface area contributed by atoms with E-state index in [-0.39, 0.29) is 0 Å². The Morgan fingerprint density at radius 3 is 2.33 bits per heavy atom. The molecule has 0 rings (SSSR count). The lowest BCUT2D eigenvalue weighted by molar-refractivity contribution is 0.335. The van der Waals surface area contributed by atoms with Crippen LogP contribution in [0.2, 0.25) is 0 Å². The Labute approximate surface area is 75.4 Å². The first-order valence-corrected chi connectivity index (χ1v) is 4.15. The fraction of sp³-hybridized carbons (Fsp3) is 0.455. The van der Waals surface area contributed by atoms with Gasteiger partial charge in [-0.15, -0.1) is 0 Å². The van der Waals surface area contributed by atoms with Crippen molar-refractivity contribution in [1.29, 1.82) is 0 Å². The van der Waals surface area contributed by atoms with E-state index in [1.54, 1.807) is 13.4 Å². The van der Waals surface area contributed by atoms with E-state index in [9.17, 15) is 0 Å². The van der Waals surface area contributed by atoms with Crippen LogP contribution in [-0.2, 0) is 4.74 Å². The summed E-state index contributed by atoms with van der Waals surface area (Å²) >= 11 is 0. The number of hydrogen-bond acceptors (Lipinski definition) is 1. The summed E-state index contributed by atoms with van der Waals surface area (Å²) in [6, 6.07) is 0. The van der Waals surface area contributed by atoms with Gasteiger partial charge in [0.2, 0.25) is 0 Å². The molecular weight excluding hydrogens is 148 g/mol. The topological polar surface area (TPSA) is 9.23 Å². The molecule has 0 heterocycles. The minimum absolute atomic E-state index is 0.516. The van der Waals surface area contributed by atoms with Crippen molar-refractivity contribution in [1.82, 2.24) is 0 Å². The summed E-state index contributed by atoms with van der Waals surface area (Å²) in [6.07, 6.45) is 5.70. The third-order valence-corrected chi connectivity index (χ3v) is 1.60. The van der Waals surface area contributed by atoms with Gasteiger partial charge in [-0.2, -0.15) is 0 Å². The van der Waals surface area contributed by atoms with Crippen LogP contribution in [0.25, 0.3) is 0 Å². The van der Waals surface area contributed by atoms with E-state index < -0.39 is 0 Å². The van der Waals surface area contributed by atoms with Crippen LogP contribution in [0.3, 0.4) is 0 Å². The molecule has 0 fully saturated rings. The number of ether oxygens (including phenoxy) is 1. The highest BCUT2D eigenvalue weighted by atomic mass is 16.5. The van der Waals surface area contributed by atoms with Crippen LogP contribution in [0.15, 0.2) is 36.1 Å². The molecule has 0 atom stereocenters. The number of allylic oxidation sites excluding steroid dienone is 4. The van der Waals surface area contributed by atoms with E-state index in [0.29, 0.717) is 5.92 Å². The maximum atomic E-state index is 4.89. The third kappa shape index (κ3) is 4.02. The van der Waals surface area contributed by atoms with Crippen molar-refractivity contribution in [2.45, 2.75) is 20.8 Å². The van der Waals surface area contributed by atoms with E-state index >= 15 is 0 Å². The van der Waals surface area contributed by atoms with Crippen LogP contribution in [0, 0.1) is 5.92 Å². The van der Waals surface area contributed by atoms with Gasteiger partial charge >= 0.3 is 0 Å². The summed E-state index contributed by atoms with van der Waals surface area (Å²) in [5.74, 6) is 0.516. The summed E-state index contributed by atoms with van der Waals surface area (Å²) in [7, 11) is 1.65. The second-order valence-corrected chi connectivity index (χ2v) is 3.10.